The van der Waals surface area contributed by atoms with Gasteiger partial charge in [0.15, 0.2) is 18.2 Å². The van der Waals surface area contributed by atoms with Crippen molar-refractivity contribution in [3.63, 3.8) is 0 Å². The molecule has 8 nitrogen and oxygen atoms in total. The molecule has 0 saturated heterocycles. The SMILES string of the molecule is COc1cc2c(cc1OC)C[NH+](Cn1cc([N+](=O)[O-])ccc1=O)CC2. The van der Waals surface area contributed by atoms with Crippen molar-refractivity contribution < 1.29 is 19.3 Å². The first-order chi connectivity index (χ1) is 12.0. The molecule has 1 aromatic heterocycles. The number of ether oxygens (including phenoxy) is 2. The molecule has 1 aliphatic rings. The maximum Gasteiger partial charge on any atom is 0.285 e. The Labute approximate surface area is 144 Å². The molecule has 0 amide bonds. The topological polar surface area (TPSA) is 88.0 Å². The van der Waals surface area contributed by atoms with Gasteiger partial charge in [0.1, 0.15) is 6.54 Å². The molecule has 0 spiro atoms. The number of fused-ring (bicyclic) bond motifs is 1. The molecule has 1 unspecified atom stereocenters. The lowest BCUT2D eigenvalue weighted by Crippen LogP contribution is -3.11. The predicted octanol–water partition coefficient (Wildman–Crippen LogP) is 0.372. The van der Waals surface area contributed by atoms with Gasteiger partial charge < -0.3 is 14.4 Å². The van der Waals surface area contributed by atoms with Crippen LogP contribution >= 0.6 is 0 Å². The second kappa shape index (κ2) is 6.94. The van der Waals surface area contributed by atoms with E-state index in [0.29, 0.717) is 24.7 Å². The number of nitrogens with zero attached hydrogens (tertiary/aromatic N) is 2. The Morgan fingerprint density at radius 3 is 2.52 bits per heavy atom. The van der Waals surface area contributed by atoms with Crippen LogP contribution in [-0.2, 0) is 19.6 Å². The highest BCUT2D eigenvalue weighted by Crippen LogP contribution is 2.31. The van der Waals surface area contributed by atoms with Crippen molar-refractivity contribution in [1.29, 1.82) is 0 Å². The molecule has 1 aromatic carbocycles. The monoisotopic (exact) mass is 346 g/mol. The van der Waals surface area contributed by atoms with Crippen LogP contribution in [0, 0.1) is 10.1 Å². The number of nitro groups is 1. The fourth-order valence-corrected chi connectivity index (χ4v) is 3.16. The van der Waals surface area contributed by atoms with Crippen LogP contribution in [0.25, 0.3) is 0 Å². The summed E-state index contributed by atoms with van der Waals surface area (Å²) in [6.45, 7) is 1.93. The highest BCUT2D eigenvalue weighted by Gasteiger charge is 2.23. The van der Waals surface area contributed by atoms with Gasteiger partial charge in [0.05, 0.1) is 31.9 Å². The molecule has 0 aliphatic carbocycles. The van der Waals surface area contributed by atoms with Crippen LogP contribution in [0.3, 0.4) is 0 Å². The van der Waals surface area contributed by atoms with Gasteiger partial charge in [0.25, 0.3) is 11.2 Å². The van der Waals surface area contributed by atoms with Gasteiger partial charge in [-0.15, -0.1) is 0 Å². The van der Waals surface area contributed by atoms with Crippen LogP contribution in [0.2, 0.25) is 0 Å². The molecule has 3 rings (SSSR count). The number of benzene rings is 1. The largest absolute Gasteiger partial charge is 0.493 e. The smallest absolute Gasteiger partial charge is 0.285 e. The summed E-state index contributed by atoms with van der Waals surface area (Å²) in [7, 11) is 3.21. The van der Waals surface area contributed by atoms with Crippen molar-refractivity contribution in [3.8, 4) is 11.5 Å². The first-order valence-corrected chi connectivity index (χ1v) is 7.94. The van der Waals surface area contributed by atoms with Gasteiger partial charge >= 0.3 is 0 Å². The summed E-state index contributed by atoms with van der Waals surface area (Å²) < 4.78 is 12.1. The maximum atomic E-state index is 12.0. The van der Waals surface area contributed by atoms with E-state index in [2.05, 4.69) is 0 Å². The van der Waals surface area contributed by atoms with E-state index in [4.69, 9.17) is 9.47 Å². The molecule has 1 atom stereocenters. The Balaban J connectivity index is 1.83. The van der Waals surface area contributed by atoms with E-state index in [1.807, 2.05) is 12.1 Å². The number of hydrogen-bond donors (Lipinski definition) is 1. The molecule has 1 N–H and O–H groups in total. The van der Waals surface area contributed by atoms with Gasteiger partial charge in [-0.25, -0.2) is 0 Å². The van der Waals surface area contributed by atoms with Crippen LogP contribution in [0.5, 0.6) is 11.5 Å². The van der Waals surface area contributed by atoms with Gasteiger partial charge in [-0.2, -0.15) is 0 Å². The molecule has 0 fully saturated rings. The number of nitrogens with one attached hydrogen (secondary N) is 1. The molecular formula is C17H20N3O5+. The van der Waals surface area contributed by atoms with E-state index in [9.17, 15) is 14.9 Å². The van der Waals surface area contributed by atoms with Crippen LogP contribution in [0.1, 0.15) is 11.1 Å². The number of methoxy groups -OCH3 is 2. The Kier molecular flexibility index (Phi) is 4.71. The molecule has 0 bridgehead atoms. The van der Waals surface area contributed by atoms with Gasteiger partial charge in [0, 0.05) is 24.1 Å². The quantitative estimate of drug-likeness (QED) is 0.624. The van der Waals surface area contributed by atoms with Crippen LogP contribution in [-0.4, -0.2) is 30.3 Å². The number of aromatic nitrogens is 1. The predicted molar refractivity (Wildman–Crippen MR) is 90.1 cm³/mol. The number of quaternary nitrogens is 1. The fraction of sp³-hybridized carbons (Fsp3) is 0.353. The zero-order valence-electron chi connectivity index (χ0n) is 14.2. The van der Waals surface area contributed by atoms with E-state index >= 15 is 0 Å². The summed E-state index contributed by atoms with van der Waals surface area (Å²) in [5.41, 5.74) is 2.02. The molecule has 25 heavy (non-hydrogen) atoms. The van der Waals surface area contributed by atoms with E-state index in [1.165, 1.54) is 28.5 Å². The number of rotatable bonds is 5. The van der Waals surface area contributed by atoms with Gasteiger partial charge in [-0.05, 0) is 17.7 Å². The van der Waals surface area contributed by atoms with Crippen molar-refractivity contribution >= 4 is 5.69 Å². The lowest BCUT2D eigenvalue weighted by Gasteiger charge is -2.27. The van der Waals surface area contributed by atoms with Gasteiger partial charge in [0.2, 0.25) is 0 Å². The van der Waals surface area contributed by atoms with Crippen molar-refractivity contribution in [1.82, 2.24) is 4.57 Å². The molecule has 0 radical (unpaired) electrons. The summed E-state index contributed by atoms with van der Waals surface area (Å²) in [4.78, 5) is 23.6. The molecule has 1 aliphatic heterocycles. The summed E-state index contributed by atoms with van der Waals surface area (Å²) >= 11 is 0. The van der Waals surface area contributed by atoms with Crippen LogP contribution < -0.4 is 19.9 Å². The lowest BCUT2D eigenvalue weighted by atomic mass is 9.99. The molecular weight excluding hydrogens is 326 g/mol. The van der Waals surface area contributed by atoms with Crippen molar-refractivity contribution in [2.45, 2.75) is 19.6 Å². The van der Waals surface area contributed by atoms with E-state index < -0.39 is 4.92 Å². The van der Waals surface area contributed by atoms with Gasteiger partial charge in [-0.3, -0.25) is 19.5 Å². The second-order valence-corrected chi connectivity index (χ2v) is 6.01. The third-order valence-corrected chi connectivity index (χ3v) is 4.47. The van der Waals surface area contributed by atoms with E-state index in [-0.39, 0.29) is 11.2 Å². The van der Waals surface area contributed by atoms with Crippen LogP contribution in [0.15, 0.2) is 35.3 Å². The molecule has 132 valence electrons. The second-order valence-electron chi connectivity index (χ2n) is 6.01. The number of pyridine rings is 1. The van der Waals surface area contributed by atoms with Crippen molar-refractivity contribution in [2.24, 2.45) is 0 Å². The molecule has 8 heteroatoms. The summed E-state index contributed by atoms with van der Waals surface area (Å²) in [5, 5.41) is 10.9. The average molecular weight is 346 g/mol. The Hall–Kier alpha value is -2.87. The maximum absolute atomic E-state index is 12.0. The minimum Gasteiger partial charge on any atom is -0.493 e. The molecule has 2 aromatic rings. The zero-order chi connectivity index (χ0) is 18.0. The third kappa shape index (κ3) is 3.48. The van der Waals surface area contributed by atoms with E-state index in [0.717, 1.165) is 23.4 Å². The highest BCUT2D eigenvalue weighted by molar-refractivity contribution is 5.47. The van der Waals surface area contributed by atoms with Crippen molar-refractivity contribution in [3.05, 3.63) is 62.1 Å². The summed E-state index contributed by atoms with van der Waals surface area (Å²) in [6.07, 6.45) is 2.15. The Morgan fingerprint density at radius 1 is 1.20 bits per heavy atom. The van der Waals surface area contributed by atoms with Crippen molar-refractivity contribution in [2.75, 3.05) is 20.8 Å². The van der Waals surface area contributed by atoms with Crippen LogP contribution in [0.4, 0.5) is 5.69 Å². The average Bonchev–Trinajstić information content (AvgIpc) is 2.62. The third-order valence-electron chi connectivity index (χ3n) is 4.47. The Morgan fingerprint density at radius 2 is 1.88 bits per heavy atom. The van der Waals surface area contributed by atoms with E-state index in [1.54, 1.807) is 14.2 Å². The summed E-state index contributed by atoms with van der Waals surface area (Å²) in [5.74, 6) is 1.38. The normalized spacial score (nSPS) is 16.2. The minimum absolute atomic E-state index is 0.0807. The summed E-state index contributed by atoms with van der Waals surface area (Å²) in [6, 6.07) is 6.42. The van der Waals surface area contributed by atoms with Gasteiger partial charge in [-0.1, -0.05) is 0 Å². The fourth-order valence-electron chi connectivity index (χ4n) is 3.16. The lowest BCUT2D eigenvalue weighted by molar-refractivity contribution is -0.938. The number of hydrogen-bond acceptors (Lipinski definition) is 5. The first-order valence-electron chi connectivity index (χ1n) is 7.94. The standard InChI is InChI=1S/C17H19N3O5/c1-24-15-7-12-5-6-18(9-13(12)8-16(15)25-2)11-19-10-14(20(22)23)3-4-17(19)21/h3-4,7-8,10H,5-6,9,11H2,1-2H3/p+1. The zero-order valence-corrected chi connectivity index (χ0v) is 14.2. The highest BCUT2D eigenvalue weighted by atomic mass is 16.6. The first kappa shape index (κ1) is 17.0. The molecule has 0 saturated carbocycles. The Bertz CT molecular complexity index is 862. The minimum atomic E-state index is -0.492. The molecule has 2 heterocycles.